The lowest BCUT2D eigenvalue weighted by Gasteiger charge is -2.08. The predicted octanol–water partition coefficient (Wildman–Crippen LogP) is 2.64. The summed E-state index contributed by atoms with van der Waals surface area (Å²) in [6.45, 7) is 2.09. The molecule has 0 spiro atoms. The summed E-state index contributed by atoms with van der Waals surface area (Å²) >= 11 is 4.38. The Labute approximate surface area is 78.8 Å². The summed E-state index contributed by atoms with van der Waals surface area (Å²) in [7, 11) is 0. The lowest BCUT2D eigenvalue weighted by Crippen LogP contribution is -2.01. The number of hydrogen-bond donors (Lipinski definition) is 2. The second-order valence-corrected chi connectivity index (χ2v) is 3.63. The van der Waals surface area contributed by atoms with E-state index >= 15 is 0 Å². The number of thiol groups is 1. The van der Waals surface area contributed by atoms with E-state index in [9.17, 15) is 5.11 Å². The fourth-order valence-corrected chi connectivity index (χ4v) is 1.28. The summed E-state index contributed by atoms with van der Waals surface area (Å²) < 4.78 is 0. The first kappa shape index (κ1) is 9.46. The van der Waals surface area contributed by atoms with Gasteiger partial charge in [0.2, 0.25) is 0 Å². The van der Waals surface area contributed by atoms with Gasteiger partial charge in [-0.15, -0.1) is 0 Å². The second kappa shape index (κ2) is 4.41. The van der Waals surface area contributed by atoms with Gasteiger partial charge in [0, 0.05) is 5.25 Å². The molecule has 1 N–H and O–H groups in total. The Hall–Kier alpha value is -0.630. The van der Waals surface area contributed by atoms with Crippen LogP contribution >= 0.6 is 12.6 Å². The van der Waals surface area contributed by atoms with Crippen LogP contribution in [0.2, 0.25) is 0 Å². The predicted molar refractivity (Wildman–Crippen MR) is 54.9 cm³/mol. The minimum Gasteiger partial charge on any atom is -0.508 e. The molecule has 1 nitrogen and oxygen atoms in total. The fraction of sp³-hybridized carbons (Fsp3) is 0.400. The van der Waals surface area contributed by atoms with Gasteiger partial charge in [0.25, 0.3) is 0 Å². The topological polar surface area (TPSA) is 20.2 Å². The molecular formula is C10H14OS. The van der Waals surface area contributed by atoms with Crippen LogP contribution in [-0.4, -0.2) is 10.4 Å². The highest BCUT2D eigenvalue weighted by Crippen LogP contribution is 2.19. The van der Waals surface area contributed by atoms with Crippen LogP contribution in [0, 0.1) is 0 Å². The molecule has 0 bridgehead atoms. The van der Waals surface area contributed by atoms with E-state index in [0.29, 0.717) is 11.0 Å². The van der Waals surface area contributed by atoms with Crippen LogP contribution in [0.25, 0.3) is 0 Å². The quantitative estimate of drug-likeness (QED) is 0.689. The van der Waals surface area contributed by atoms with Gasteiger partial charge in [-0.3, -0.25) is 0 Å². The van der Waals surface area contributed by atoms with Gasteiger partial charge in [-0.1, -0.05) is 25.1 Å². The molecule has 0 fully saturated rings. The van der Waals surface area contributed by atoms with E-state index < -0.39 is 0 Å². The van der Waals surface area contributed by atoms with Crippen LogP contribution in [0.3, 0.4) is 0 Å². The van der Waals surface area contributed by atoms with E-state index in [4.69, 9.17) is 0 Å². The summed E-state index contributed by atoms with van der Waals surface area (Å²) in [5.74, 6) is 0.380. The molecule has 12 heavy (non-hydrogen) atoms. The summed E-state index contributed by atoms with van der Waals surface area (Å²) in [5, 5.41) is 9.77. The Balaban J connectivity index is 2.69. The summed E-state index contributed by atoms with van der Waals surface area (Å²) in [5.41, 5.74) is 0.986. The first-order chi connectivity index (χ1) is 5.74. The summed E-state index contributed by atoms with van der Waals surface area (Å²) in [6.07, 6.45) is 1.86. The zero-order valence-electron chi connectivity index (χ0n) is 7.20. The van der Waals surface area contributed by atoms with Gasteiger partial charge in [-0.25, -0.2) is 0 Å². The van der Waals surface area contributed by atoms with E-state index in [2.05, 4.69) is 19.6 Å². The van der Waals surface area contributed by atoms with Crippen molar-refractivity contribution in [3.8, 4) is 5.75 Å². The molecule has 0 aliphatic rings. The Morgan fingerprint density at radius 1 is 1.42 bits per heavy atom. The number of aromatic hydroxyl groups is 1. The first-order valence-electron chi connectivity index (χ1n) is 4.19. The van der Waals surface area contributed by atoms with Crippen molar-refractivity contribution in [3.05, 3.63) is 29.8 Å². The molecule has 0 saturated heterocycles. The average Bonchev–Trinajstić information content (AvgIpc) is 2.09. The summed E-state index contributed by atoms with van der Waals surface area (Å²) in [6, 6.07) is 7.42. The van der Waals surface area contributed by atoms with E-state index in [1.807, 2.05) is 18.2 Å². The fourth-order valence-electron chi connectivity index (χ4n) is 1.08. The van der Waals surface area contributed by atoms with Crippen LogP contribution in [0.15, 0.2) is 24.3 Å². The van der Waals surface area contributed by atoms with Gasteiger partial charge in [0.05, 0.1) is 0 Å². The number of phenols is 1. The summed E-state index contributed by atoms with van der Waals surface area (Å²) in [4.78, 5) is 0. The van der Waals surface area contributed by atoms with Crippen molar-refractivity contribution in [2.24, 2.45) is 0 Å². The highest BCUT2D eigenvalue weighted by atomic mass is 32.1. The molecule has 1 rings (SSSR count). The smallest absolute Gasteiger partial charge is 0.118 e. The van der Waals surface area contributed by atoms with Crippen molar-refractivity contribution in [2.45, 2.75) is 25.0 Å². The zero-order chi connectivity index (χ0) is 8.97. The van der Waals surface area contributed by atoms with E-state index in [1.165, 1.54) is 0 Å². The average molecular weight is 182 g/mol. The third kappa shape index (κ3) is 2.45. The minimum atomic E-state index is 0.346. The van der Waals surface area contributed by atoms with E-state index in [-0.39, 0.29) is 0 Å². The normalized spacial score (nSPS) is 12.8. The minimum absolute atomic E-state index is 0.346. The van der Waals surface area contributed by atoms with Crippen LogP contribution in [0.5, 0.6) is 5.75 Å². The second-order valence-electron chi connectivity index (χ2n) is 2.89. The Morgan fingerprint density at radius 2 is 2.08 bits per heavy atom. The maximum atomic E-state index is 9.42. The molecule has 0 amide bonds. The number of rotatable bonds is 3. The number of para-hydroxylation sites is 1. The maximum absolute atomic E-state index is 9.42. The Bertz CT molecular complexity index is 247. The molecule has 0 aromatic heterocycles. The third-order valence-electron chi connectivity index (χ3n) is 1.92. The first-order valence-corrected chi connectivity index (χ1v) is 4.70. The van der Waals surface area contributed by atoms with Crippen LogP contribution in [-0.2, 0) is 6.42 Å². The van der Waals surface area contributed by atoms with Crippen LogP contribution in [0.1, 0.15) is 18.9 Å². The molecule has 66 valence electrons. The molecule has 1 atom stereocenters. The van der Waals surface area contributed by atoms with Gasteiger partial charge < -0.3 is 5.11 Å². The molecule has 0 radical (unpaired) electrons. The number of benzene rings is 1. The third-order valence-corrected chi connectivity index (χ3v) is 2.47. The standard InChI is InChI=1S/C10H14OS/c1-2-9(12)7-8-5-3-4-6-10(8)11/h3-6,9,11-12H,2,7H2,1H3. The molecule has 1 aromatic carbocycles. The molecular weight excluding hydrogens is 168 g/mol. The lowest BCUT2D eigenvalue weighted by atomic mass is 10.1. The zero-order valence-corrected chi connectivity index (χ0v) is 8.09. The highest BCUT2D eigenvalue weighted by molar-refractivity contribution is 7.80. The number of hydrogen-bond acceptors (Lipinski definition) is 2. The Kier molecular flexibility index (Phi) is 3.48. The van der Waals surface area contributed by atoms with Gasteiger partial charge in [-0.05, 0) is 24.5 Å². The van der Waals surface area contributed by atoms with E-state index in [1.54, 1.807) is 6.07 Å². The highest BCUT2D eigenvalue weighted by Gasteiger charge is 2.04. The number of phenolic OH excluding ortho intramolecular Hbond substituents is 1. The molecule has 0 heterocycles. The molecule has 0 aliphatic carbocycles. The molecule has 0 saturated carbocycles. The van der Waals surface area contributed by atoms with Crippen LogP contribution in [0.4, 0.5) is 0 Å². The van der Waals surface area contributed by atoms with Gasteiger partial charge in [0.15, 0.2) is 0 Å². The van der Waals surface area contributed by atoms with Crippen molar-refractivity contribution in [1.82, 2.24) is 0 Å². The van der Waals surface area contributed by atoms with Crippen molar-refractivity contribution < 1.29 is 5.11 Å². The molecule has 1 unspecified atom stereocenters. The molecule has 0 aliphatic heterocycles. The molecule has 2 heteroatoms. The van der Waals surface area contributed by atoms with Crippen LogP contribution < -0.4 is 0 Å². The SMILES string of the molecule is CCC(S)Cc1ccccc1O. The van der Waals surface area contributed by atoms with Gasteiger partial charge in [0.1, 0.15) is 5.75 Å². The van der Waals surface area contributed by atoms with E-state index in [0.717, 1.165) is 18.4 Å². The van der Waals surface area contributed by atoms with Crippen molar-refractivity contribution in [2.75, 3.05) is 0 Å². The monoisotopic (exact) mass is 182 g/mol. The van der Waals surface area contributed by atoms with Gasteiger partial charge >= 0.3 is 0 Å². The largest absolute Gasteiger partial charge is 0.508 e. The van der Waals surface area contributed by atoms with Gasteiger partial charge in [-0.2, -0.15) is 12.6 Å². The maximum Gasteiger partial charge on any atom is 0.118 e. The lowest BCUT2D eigenvalue weighted by molar-refractivity contribution is 0.467. The molecule has 1 aromatic rings. The van der Waals surface area contributed by atoms with Crippen molar-refractivity contribution >= 4 is 12.6 Å². The Morgan fingerprint density at radius 3 is 2.67 bits per heavy atom. The van der Waals surface area contributed by atoms with Crippen molar-refractivity contribution in [1.29, 1.82) is 0 Å². The van der Waals surface area contributed by atoms with Crippen molar-refractivity contribution in [3.63, 3.8) is 0 Å².